The number of hydrogen-bond donors (Lipinski definition) is 0. The molecule has 2 heterocycles. The molecule has 0 saturated carbocycles. The van der Waals surface area contributed by atoms with Crippen molar-refractivity contribution >= 4 is 9.84 Å². The number of aryl methyl sites for hydroxylation is 1. The van der Waals surface area contributed by atoms with E-state index in [9.17, 15) is 8.42 Å². The summed E-state index contributed by atoms with van der Waals surface area (Å²) in [7, 11) is -2.87. The number of piperazine rings is 1. The van der Waals surface area contributed by atoms with Gasteiger partial charge >= 0.3 is 0 Å². The highest BCUT2D eigenvalue weighted by Gasteiger charge is 2.19. The monoisotopic (exact) mass is 326 g/mol. The van der Waals surface area contributed by atoms with E-state index < -0.39 is 9.84 Å². The summed E-state index contributed by atoms with van der Waals surface area (Å²) in [6.45, 7) is 11.8. The fraction of sp³-hybridized carbons (Fsp3) is 0.667. The van der Waals surface area contributed by atoms with Crippen LogP contribution in [0.4, 0.5) is 0 Å². The Labute approximate surface area is 133 Å². The van der Waals surface area contributed by atoms with Gasteiger partial charge in [0.15, 0.2) is 0 Å². The number of rotatable bonds is 7. The van der Waals surface area contributed by atoms with E-state index in [0.29, 0.717) is 6.54 Å². The summed E-state index contributed by atoms with van der Waals surface area (Å²) < 4.78 is 24.4. The van der Waals surface area contributed by atoms with Gasteiger partial charge in [-0.3, -0.25) is 14.5 Å². The van der Waals surface area contributed by atoms with E-state index in [4.69, 9.17) is 0 Å². The van der Waals surface area contributed by atoms with Crippen LogP contribution in [0.25, 0.3) is 0 Å². The van der Waals surface area contributed by atoms with E-state index in [0.717, 1.165) is 45.0 Å². The topological polar surface area (TPSA) is 58.4 Å². The van der Waals surface area contributed by atoms with E-state index in [-0.39, 0.29) is 5.75 Å². The molecule has 6 nitrogen and oxygen atoms in total. The van der Waals surface area contributed by atoms with Gasteiger partial charge in [0.2, 0.25) is 0 Å². The number of nitrogens with zero attached hydrogens (tertiary/aromatic N) is 4. The summed E-state index contributed by atoms with van der Waals surface area (Å²) in [6.07, 6.45) is 5.23. The zero-order valence-electron chi connectivity index (χ0n) is 13.5. The van der Waals surface area contributed by atoms with Crippen molar-refractivity contribution in [1.82, 2.24) is 19.6 Å². The molecule has 0 bridgehead atoms. The van der Waals surface area contributed by atoms with Crippen molar-refractivity contribution < 1.29 is 8.42 Å². The maximum atomic E-state index is 11.2. The second kappa shape index (κ2) is 7.39. The van der Waals surface area contributed by atoms with Crippen LogP contribution in [0.1, 0.15) is 11.3 Å². The van der Waals surface area contributed by atoms with Gasteiger partial charge in [-0.15, -0.1) is 6.58 Å². The van der Waals surface area contributed by atoms with Crippen molar-refractivity contribution in [3.8, 4) is 0 Å². The third-order valence-electron chi connectivity index (χ3n) is 4.00. The van der Waals surface area contributed by atoms with Crippen LogP contribution >= 0.6 is 0 Å². The van der Waals surface area contributed by atoms with Crippen molar-refractivity contribution in [3.63, 3.8) is 0 Å². The molecule has 0 N–H and O–H groups in total. The predicted octanol–water partition coefficient (Wildman–Crippen LogP) is 0.540. The first-order chi connectivity index (χ1) is 10.4. The summed E-state index contributed by atoms with van der Waals surface area (Å²) in [5.74, 6) is 0.250. The lowest BCUT2D eigenvalue weighted by atomic mass is 10.2. The van der Waals surface area contributed by atoms with Gasteiger partial charge in [-0.25, -0.2) is 8.42 Å². The van der Waals surface area contributed by atoms with Crippen molar-refractivity contribution in [2.24, 2.45) is 0 Å². The fourth-order valence-corrected chi connectivity index (χ4v) is 3.24. The Morgan fingerprint density at radius 1 is 1.27 bits per heavy atom. The Kier molecular flexibility index (Phi) is 5.77. The third-order valence-corrected chi connectivity index (χ3v) is 4.93. The van der Waals surface area contributed by atoms with Gasteiger partial charge in [-0.2, -0.15) is 5.10 Å². The number of aromatic nitrogens is 2. The van der Waals surface area contributed by atoms with Crippen LogP contribution in [0.15, 0.2) is 18.9 Å². The minimum atomic E-state index is -2.87. The van der Waals surface area contributed by atoms with Crippen molar-refractivity contribution in [2.75, 3.05) is 44.7 Å². The van der Waals surface area contributed by atoms with Gasteiger partial charge < -0.3 is 0 Å². The lowest BCUT2D eigenvalue weighted by Crippen LogP contribution is -2.47. The highest BCUT2D eigenvalue weighted by molar-refractivity contribution is 7.90. The molecule has 1 aromatic heterocycles. The molecule has 1 saturated heterocycles. The molecule has 1 aliphatic heterocycles. The van der Waals surface area contributed by atoms with Crippen molar-refractivity contribution in [2.45, 2.75) is 20.0 Å². The van der Waals surface area contributed by atoms with Crippen LogP contribution in [-0.4, -0.2) is 72.7 Å². The van der Waals surface area contributed by atoms with Gasteiger partial charge in [-0.05, 0) is 6.92 Å². The van der Waals surface area contributed by atoms with Gasteiger partial charge in [0.05, 0.1) is 18.0 Å². The lowest BCUT2D eigenvalue weighted by Gasteiger charge is -2.34. The Bertz CT molecular complexity index is 601. The fourth-order valence-electron chi connectivity index (χ4n) is 2.65. The van der Waals surface area contributed by atoms with E-state index in [2.05, 4.69) is 27.7 Å². The first kappa shape index (κ1) is 17.2. The van der Waals surface area contributed by atoms with Gasteiger partial charge in [0.25, 0.3) is 0 Å². The number of allylic oxidation sites excluding steroid dienone is 1. The molecule has 22 heavy (non-hydrogen) atoms. The molecule has 1 fully saturated rings. The average molecular weight is 326 g/mol. The SMILES string of the molecule is C=CCn1cc(CN2CCN(CCS(C)(=O)=O)CC2)c(C)n1. The third kappa shape index (κ3) is 5.23. The van der Waals surface area contributed by atoms with Crippen LogP contribution < -0.4 is 0 Å². The van der Waals surface area contributed by atoms with Gasteiger partial charge in [0, 0.05) is 57.3 Å². The maximum Gasteiger partial charge on any atom is 0.148 e. The maximum absolute atomic E-state index is 11.2. The number of hydrogen-bond acceptors (Lipinski definition) is 5. The summed E-state index contributed by atoms with van der Waals surface area (Å²) in [4.78, 5) is 4.63. The highest BCUT2D eigenvalue weighted by atomic mass is 32.2. The smallest absolute Gasteiger partial charge is 0.148 e. The van der Waals surface area contributed by atoms with Gasteiger partial charge in [0.1, 0.15) is 9.84 Å². The van der Waals surface area contributed by atoms with E-state index >= 15 is 0 Å². The molecule has 7 heteroatoms. The number of sulfone groups is 1. The molecule has 0 atom stereocenters. The predicted molar refractivity (Wildman–Crippen MR) is 88.6 cm³/mol. The zero-order valence-corrected chi connectivity index (χ0v) is 14.3. The molecule has 0 unspecified atom stereocenters. The zero-order chi connectivity index (χ0) is 16.2. The molecule has 0 spiro atoms. The molecule has 1 aromatic rings. The Morgan fingerprint density at radius 2 is 1.91 bits per heavy atom. The highest BCUT2D eigenvalue weighted by Crippen LogP contribution is 2.12. The van der Waals surface area contributed by atoms with E-state index in [1.165, 1.54) is 11.8 Å². The first-order valence-electron chi connectivity index (χ1n) is 7.63. The van der Waals surface area contributed by atoms with E-state index in [1.807, 2.05) is 17.7 Å². The molecule has 0 aromatic carbocycles. The minimum Gasteiger partial charge on any atom is -0.300 e. The van der Waals surface area contributed by atoms with Crippen molar-refractivity contribution in [3.05, 3.63) is 30.1 Å². The molecule has 0 radical (unpaired) electrons. The van der Waals surface area contributed by atoms with Crippen LogP contribution in [0.2, 0.25) is 0 Å². The normalized spacial score (nSPS) is 17.7. The Balaban J connectivity index is 1.81. The molecular weight excluding hydrogens is 300 g/mol. The Morgan fingerprint density at radius 3 is 2.50 bits per heavy atom. The standard InChI is InChI=1S/C15H26N4O2S/c1-4-5-19-13-15(14(2)16-19)12-18-8-6-17(7-9-18)10-11-22(3,20)21/h4,13H,1,5-12H2,2-3H3. The molecule has 2 rings (SSSR count). The quantitative estimate of drug-likeness (QED) is 0.685. The summed E-state index contributed by atoms with van der Waals surface area (Å²) in [6, 6.07) is 0. The van der Waals surface area contributed by atoms with Gasteiger partial charge in [-0.1, -0.05) is 6.08 Å². The minimum absolute atomic E-state index is 0.250. The molecule has 0 amide bonds. The summed E-state index contributed by atoms with van der Waals surface area (Å²) in [5, 5.41) is 4.48. The first-order valence-corrected chi connectivity index (χ1v) is 9.69. The van der Waals surface area contributed by atoms with Crippen LogP contribution in [-0.2, 0) is 22.9 Å². The van der Waals surface area contributed by atoms with Crippen LogP contribution in [0.5, 0.6) is 0 Å². The largest absolute Gasteiger partial charge is 0.300 e. The molecular formula is C15H26N4O2S. The molecule has 1 aliphatic rings. The van der Waals surface area contributed by atoms with Crippen LogP contribution in [0, 0.1) is 6.92 Å². The molecule has 0 aliphatic carbocycles. The summed E-state index contributed by atoms with van der Waals surface area (Å²) >= 11 is 0. The summed E-state index contributed by atoms with van der Waals surface area (Å²) in [5.41, 5.74) is 2.33. The molecule has 124 valence electrons. The van der Waals surface area contributed by atoms with Crippen LogP contribution in [0.3, 0.4) is 0 Å². The second-order valence-electron chi connectivity index (χ2n) is 6.00. The lowest BCUT2D eigenvalue weighted by molar-refractivity contribution is 0.132. The van der Waals surface area contributed by atoms with Crippen molar-refractivity contribution in [1.29, 1.82) is 0 Å². The second-order valence-corrected chi connectivity index (χ2v) is 8.26. The van der Waals surface area contributed by atoms with E-state index in [1.54, 1.807) is 0 Å². The Hall–Kier alpha value is -1.18. The average Bonchev–Trinajstić information content (AvgIpc) is 2.78.